The average molecular weight is 1380 g/mol. The van der Waals surface area contributed by atoms with Crippen molar-refractivity contribution < 1.29 is 58.5 Å². The molecule has 4 heterocycles. The molecule has 11 aliphatic rings. The van der Waals surface area contributed by atoms with E-state index in [9.17, 15) is 19.2 Å². The second-order valence-corrected chi connectivity index (χ2v) is 29.7. The van der Waals surface area contributed by atoms with Crippen LogP contribution in [-0.4, -0.2) is 63.7 Å². The van der Waals surface area contributed by atoms with Crippen molar-refractivity contribution in [3.63, 3.8) is 0 Å². The number of carbonyl (C=O) groups excluding carboxylic acids is 4. The van der Waals surface area contributed by atoms with Crippen LogP contribution in [0.1, 0.15) is 226 Å². The molecule has 0 saturated heterocycles. The fourth-order valence-corrected chi connectivity index (χ4v) is 20.0. The number of esters is 4. The predicted molar refractivity (Wildman–Crippen MR) is 371 cm³/mol. The summed E-state index contributed by atoms with van der Waals surface area (Å²) in [6, 6.07) is 32.1. The monoisotopic (exact) mass is 1380 g/mol. The molecule has 2 aliphatic heterocycles. The summed E-state index contributed by atoms with van der Waals surface area (Å²) in [6.45, 7) is 0. The summed E-state index contributed by atoms with van der Waals surface area (Å²) in [7, 11) is 5.76. The molecule has 8 unspecified atom stereocenters. The van der Waals surface area contributed by atoms with E-state index in [1.807, 2.05) is 48.5 Å². The molecule has 498 valence electrons. The minimum absolute atomic E-state index is 0. The van der Waals surface area contributed by atoms with Gasteiger partial charge in [0.1, 0.15) is 0 Å². The molecule has 4 saturated carbocycles. The molecule has 0 N–H and O–H groups in total. The van der Waals surface area contributed by atoms with Crippen molar-refractivity contribution >= 4 is 57.6 Å². The minimum atomic E-state index is -0.393. The first-order chi connectivity index (χ1) is 47.0. The van der Waals surface area contributed by atoms with E-state index < -0.39 is 23.9 Å². The third-order valence-corrected chi connectivity index (χ3v) is 24.9. The molecule has 97 heavy (non-hydrogen) atoms. The molecule has 4 aromatic carbocycles. The van der Waals surface area contributed by atoms with Crippen molar-refractivity contribution in [1.29, 1.82) is 0 Å². The molecule has 8 bridgehead atoms. The predicted octanol–water partition coefficient (Wildman–Crippen LogP) is 14.9. The summed E-state index contributed by atoms with van der Waals surface area (Å²) < 4.78 is 21.5. The number of methoxy groups -OCH3 is 4. The van der Waals surface area contributed by atoms with Crippen molar-refractivity contribution in [2.75, 3.05) is 28.4 Å². The fraction of sp³-hybridized carbons (Fsp3) is 0.429. The Balaban J connectivity index is 0.00000738. The van der Waals surface area contributed by atoms with Gasteiger partial charge in [0.25, 0.3) is 0 Å². The average Bonchev–Trinajstić information content (AvgIpc) is 1.54. The molecule has 13 heteroatoms. The summed E-state index contributed by atoms with van der Waals surface area (Å²) in [5.74, 6) is 2.24. The molecular formula is C84H84N4O8Pd. The van der Waals surface area contributed by atoms with Gasteiger partial charge in [0.05, 0.1) is 73.5 Å². The van der Waals surface area contributed by atoms with Gasteiger partial charge in [-0.15, -0.1) is 22.1 Å². The van der Waals surface area contributed by atoms with Crippen LogP contribution in [0.2, 0.25) is 0 Å². The molecule has 17 rings (SSSR count). The van der Waals surface area contributed by atoms with Crippen molar-refractivity contribution in [3.05, 3.63) is 220 Å². The fourth-order valence-electron chi connectivity index (χ4n) is 20.0. The number of carbonyl (C=O) groups is 4. The van der Waals surface area contributed by atoms with Crippen LogP contribution in [0.5, 0.6) is 0 Å². The number of allylic oxidation sites excluding steroid dienone is 4. The Labute approximate surface area is 582 Å². The van der Waals surface area contributed by atoms with Gasteiger partial charge in [-0.2, -0.15) is 0 Å². The Kier molecular flexibility index (Phi) is 17.1. The van der Waals surface area contributed by atoms with E-state index in [0.29, 0.717) is 69.6 Å². The summed E-state index contributed by atoms with van der Waals surface area (Å²) in [6.07, 6.45) is 25.9. The second kappa shape index (κ2) is 26.0. The van der Waals surface area contributed by atoms with Crippen LogP contribution in [0.15, 0.2) is 141 Å². The van der Waals surface area contributed by atoms with Gasteiger partial charge in [-0.05, 0) is 265 Å². The summed E-state index contributed by atoms with van der Waals surface area (Å²) in [5, 5.41) is 1.88. The van der Waals surface area contributed by atoms with E-state index in [1.54, 1.807) is 0 Å². The Morgan fingerprint density at radius 1 is 0.320 bits per heavy atom. The molecule has 9 aliphatic carbocycles. The van der Waals surface area contributed by atoms with Crippen molar-refractivity contribution in [2.24, 2.45) is 57.3 Å². The van der Waals surface area contributed by atoms with E-state index in [-0.39, 0.29) is 20.4 Å². The Hall–Kier alpha value is -7.98. The van der Waals surface area contributed by atoms with Crippen LogP contribution < -0.4 is 20.7 Å². The van der Waals surface area contributed by atoms with Gasteiger partial charge < -0.3 is 28.9 Å². The molecule has 4 fully saturated rings. The maximum atomic E-state index is 13.5. The van der Waals surface area contributed by atoms with E-state index >= 15 is 0 Å². The SMILES string of the molecule is COC(=O)c1ccc(C2=C3N=C(C4=C3CC3CCCCC3C4)C(c3ccc(C(=O)OC)cc3)=c3[n-]c(c4c3CC3CCCCC3C4)=C(c3ccc(C(=O)OC)cc3)C3=NC(=C(c4ccc(C(=O)OC)cc4)c4[n-]c2c2c4CC4CCCCC4C2)C2=C3CC3CCCCC3C2)cc1.[Pd+2]. The number of rotatable bonds is 8. The number of hydrogen-bond acceptors (Lipinski definition) is 10. The van der Waals surface area contributed by atoms with Gasteiger partial charge in [0.2, 0.25) is 0 Å². The van der Waals surface area contributed by atoms with Gasteiger partial charge in [0.15, 0.2) is 0 Å². The summed E-state index contributed by atoms with van der Waals surface area (Å²) in [4.78, 5) is 79.4. The number of aliphatic imine (C=N–C) groups is 2. The van der Waals surface area contributed by atoms with Gasteiger partial charge in [0, 0.05) is 0 Å². The first-order valence-corrected chi connectivity index (χ1v) is 36.0. The number of aromatic nitrogens is 2. The smallest absolute Gasteiger partial charge is 0.656 e. The minimum Gasteiger partial charge on any atom is -0.656 e. The number of benzene rings is 4. The van der Waals surface area contributed by atoms with Gasteiger partial charge in [-0.1, -0.05) is 122 Å². The molecule has 8 atom stereocenters. The molecule has 0 spiro atoms. The molecule has 0 radical (unpaired) electrons. The maximum Gasteiger partial charge on any atom is 2.00 e. The third-order valence-electron chi connectivity index (χ3n) is 24.9. The topological polar surface area (TPSA) is 158 Å². The van der Waals surface area contributed by atoms with Crippen molar-refractivity contribution in [1.82, 2.24) is 9.97 Å². The van der Waals surface area contributed by atoms with Gasteiger partial charge >= 0.3 is 44.3 Å². The van der Waals surface area contributed by atoms with Crippen molar-refractivity contribution in [3.8, 4) is 0 Å². The van der Waals surface area contributed by atoms with Crippen molar-refractivity contribution in [2.45, 2.75) is 154 Å². The number of nitrogens with zero attached hydrogens (tertiary/aromatic N) is 4. The molecule has 0 amide bonds. The van der Waals surface area contributed by atoms with Crippen LogP contribution in [0, 0.1) is 47.3 Å². The Bertz CT molecular complexity index is 4300. The quantitative estimate of drug-likeness (QED) is 0.0816. The Morgan fingerprint density at radius 2 is 0.567 bits per heavy atom. The standard InChI is InChI=1S/C84H85N4O8.Pd/c1-93-81(89)49-29-21-45(22-30-49)69-73-61-37-53-13-5-7-15-55(53)39-63(61)75(85-73)70(46-23-31-50(32-24-46)82(90)94-2)77-65-41-57-17-9-11-19-59(57)43-67(65)79(87-77)72(48-27-35-52(36-28-48)84(92)96-4)80-68-44-60-20-12-10-18-58(60)42-66(68)78(88-80)71(47-25-33-51(34-26-47)83(91)95-3)76-64-40-56-16-8-6-14-54(56)38-62(64)74(69)86-76;/h21-36,53-60H,5-20,37-44H2,1-4H3,(H-,85,86,87,88,89,90,91,92);/q-1;+2/p-1. The van der Waals surface area contributed by atoms with Crippen LogP contribution in [0.25, 0.3) is 22.3 Å². The largest absolute Gasteiger partial charge is 2.00 e. The van der Waals surface area contributed by atoms with E-state index in [1.165, 1.54) is 124 Å². The maximum absolute atomic E-state index is 13.5. The van der Waals surface area contributed by atoms with Crippen LogP contribution in [0.4, 0.5) is 0 Å². The molecule has 6 aromatic rings. The van der Waals surface area contributed by atoms with Gasteiger partial charge in [-0.25, -0.2) is 29.2 Å². The zero-order valence-corrected chi connectivity index (χ0v) is 57.8. The first kappa shape index (κ1) is 63.7. The number of fused-ring (bicyclic) bond motifs is 4. The van der Waals surface area contributed by atoms with Crippen LogP contribution in [0.3, 0.4) is 0 Å². The van der Waals surface area contributed by atoms with E-state index in [4.69, 9.17) is 38.9 Å². The second-order valence-electron chi connectivity index (χ2n) is 29.7. The zero-order valence-electron chi connectivity index (χ0n) is 56.2. The normalized spacial score (nSPS) is 25.4. The molecule has 12 nitrogen and oxygen atoms in total. The van der Waals surface area contributed by atoms with E-state index in [0.717, 1.165) is 192 Å². The third kappa shape index (κ3) is 10.9. The molecule has 2 aromatic heterocycles. The number of hydrogen-bond donors (Lipinski definition) is 0. The van der Waals surface area contributed by atoms with E-state index in [2.05, 4.69) is 48.5 Å². The Morgan fingerprint density at radius 3 is 0.845 bits per heavy atom. The summed E-state index contributed by atoms with van der Waals surface area (Å²) >= 11 is 0. The zero-order chi connectivity index (χ0) is 65.0. The van der Waals surface area contributed by atoms with Crippen LogP contribution >= 0.6 is 0 Å². The first-order valence-electron chi connectivity index (χ1n) is 36.0. The van der Waals surface area contributed by atoms with Gasteiger partial charge in [-0.3, -0.25) is 0 Å². The summed E-state index contributed by atoms with van der Waals surface area (Å²) in [5.41, 5.74) is 25.3. The van der Waals surface area contributed by atoms with Crippen LogP contribution in [-0.2, 0) is 65.1 Å². The number of ether oxygens (including phenoxy) is 4. The molecular weight excluding hydrogens is 1300 g/mol.